The van der Waals surface area contributed by atoms with Gasteiger partial charge in [0.15, 0.2) is 0 Å². The minimum Gasteiger partial charge on any atom is -0.480 e. The van der Waals surface area contributed by atoms with Crippen LogP contribution in [0.25, 0.3) is 11.6 Å². The lowest BCUT2D eigenvalue weighted by Gasteiger charge is -2.14. The third-order valence-corrected chi connectivity index (χ3v) is 4.64. The number of amides is 1. The summed E-state index contributed by atoms with van der Waals surface area (Å²) in [5, 5.41) is 20.6. The molecule has 1 heterocycles. The number of hydrogen-bond acceptors (Lipinski definition) is 4. The Morgan fingerprint density at radius 3 is 2.58 bits per heavy atom. The molecule has 0 bridgehead atoms. The van der Waals surface area contributed by atoms with Gasteiger partial charge in [0.25, 0.3) is 5.91 Å². The Bertz CT molecular complexity index is 1060. The predicted molar refractivity (Wildman–Crippen MR) is 114 cm³/mol. The average Bonchev–Trinajstić information content (AvgIpc) is 3.27. The van der Waals surface area contributed by atoms with Crippen molar-refractivity contribution in [2.24, 2.45) is 0 Å². The first-order valence-corrected chi connectivity index (χ1v) is 9.63. The lowest BCUT2D eigenvalue weighted by molar-refractivity contribution is -0.139. The summed E-state index contributed by atoms with van der Waals surface area (Å²) in [5.74, 6) is -2.09. The fourth-order valence-corrected chi connectivity index (χ4v) is 3.06. The summed E-state index contributed by atoms with van der Waals surface area (Å²) in [6.45, 7) is 0.134. The molecule has 0 radical (unpaired) electrons. The number of rotatable bonds is 9. The van der Waals surface area contributed by atoms with Gasteiger partial charge in [-0.3, -0.25) is 4.79 Å². The number of aliphatic hydroxyl groups is 1. The zero-order valence-electron chi connectivity index (χ0n) is 16.6. The molecule has 7 nitrogen and oxygen atoms in total. The summed E-state index contributed by atoms with van der Waals surface area (Å²) >= 11 is 0. The molecule has 2 aromatic carbocycles. The van der Waals surface area contributed by atoms with Crippen LogP contribution in [-0.4, -0.2) is 44.3 Å². The van der Waals surface area contributed by atoms with Gasteiger partial charge in [-0.25, -0.2) is 14.2 Å². The number of hydrogen-bond donors (Lipinski definition) is 3. The van der Waals surface area contributed by atoms with Crippen molar-refractivity contribution in [3.8, 4) is 0 Å². The van der Waals surface area contributed by atoms with E-state index in [1.807, 2.05) is 22.9 Å². The first-order valence-electron chi connectivity index (χ1n) is 9.63. The van der Waals surface area contributed by atoms with Gasteiger partial charge in [0.2, 0.25) is 0 Å². The average molecular weight is 423 g/mol. The van der Waals surface area contributed by atoms with Gasteiger partial charge in [0.1, 0.15) is 11.9 Å². The van der Waals surface area contributed by atoms with Gasteiger partial charge in [0.05, 0.1) is 6.33 Å². The van der Waals surface area contributed by atoms with Crippen molar-refractivity contribution in [1.29, 1.82) is 0 Å². The molecule has 0 aliphatic carbocycles. The van der Waals surface area contributed by atoms with Crippen LogP contribution in [0.3, 0.4) is 0 Å². The highest BCUT2D eigenvalue weighted by atomic mass is 19.1. The highest BCUT2D eigenvalue weighted by molar-refractivity contribution is 5.97. The van der Waals surface area contributed by atoms with Gasteiger partial charge >= 0.3 is 5.97 Å². The maximum absolute atomic E-state index is 13.4. The largest absolute Gasteiger partial charge is 0.480 e. The first kappa shape index (κ1) is 21.9. The molecule has 3 aromatic rings. The normalized spacial score (nSPS) is 12.4. The zero-order chi connectivity index (χ0) is 22.2. The highest BCUT2D eigenvalue weighted by Gasteiger charge is 2.20. The smallest absolute Gasteiger partial charge is 0.326 e. The van der Waals surface area contributed by atoms with Crippen molar-refractivity contribution in [1.82, 2.24) is 14.9 Å². The van der Waals surface area contributed by atoms with Gasteiger partial charge < -0.3 is 20.1 Å². The Morgan fingerprint density at radius 2 is 1.94 bits per heavy atom. The second kappa shape index (κ2) is 10.3. The molecule has 1 aromatic heterocycles. The Kier molecular flexibility index (Phi) is 7.29. The molecule has 1 atom stereocenters. The number of nitrogens with one attached hydrogen (secondary N) is 1. The number of halogens is 1. The van der Waals surface area contributed by atoms with E-state index >= 15 is 0 Å². The summed E-state index contributed by atoms with van der Waals surface area (Å²) in [5.41, 5.74) is 2.71. The Labute approximate surface area is 178 Å². The molecule has 0 aliphatic heterocycles. The second-order valence-corrected chi connectivity index (χ2v) is 6.91. The fourth-order valence-electron chi connectivity index (χ4n) is 3.06. The molecule has 0 fully saturated rings. The molecule has 0 saturated carbocycles. The van der Waals surface area contributed by atoms with E-state index in [0.717, 1.165) is 16.7 Å². The molecule has 0 saturated heterocycles. The zero-order valence-corrected chi connectivity index (χ0v) is 16.6. The van der Waals surface area contributed by atoms with Crippen LogP contribution in [0, 0.1) is 5.82 Å². The second-order valence-electron chi connectivity index (χ2n) is 6.91. The number of aromatic nitrogens is 2. The molecule has 0 aliphatic rings. The molecular formula is C23H22FN3O4. The van der Waals surface area contributed by atoms with Crippen LogP contribution in [0.5, 0.6) is 0 Å². The Hall–Kier alpha value is -3.78. The van der Waals surface area contributed by atoms with Crippen LogP contribution in [0.4, 0.5) is 4.39 Å². The molecule has 8 heteroatoms. The monoisotopic (exact) mass is 423 g/mol. The molecule has 3 N–H and O–H groups in total. The maximum atomic E-state index is 13.4. The van der Waals surface area contributed by atoms with Crippen molar-refractivity contribution in [3.05, 3.63) is 89.8 Å². The first-order chi connectivity index (χ1) is 15.0. The number of nitrogens with zero attached hydrogens (tertiary/aromatic N) is 2. The number of imidazole rings is 1. The summed E-state index contributed by atoms with van der Waals surface area (Å²) in [4.78, 5) is 27.8. The summed E-state index contributed by atoms with van der Waals surface area (Å²) in [7, 11) is 0. The van der Waals surface area contributed by atoms with Crippen LogP contribution in [0.1, 0.15) is 27.9 Å². The van der Waals surface area contributed by atoms with Crippen LogP contribution in [0.2, 0.25) is 0 Å². The van der Waals surface area contributed by atoms with E-state index in [9.17, 15) is 19.1 Å². The minimum absolute atomic E-state index is 0.0830. The van der Waals surface area contributed by atoms with Gasteiger partial charge in [-0.2, -0.15) is 0 Å². The van der Waals surface area contributed by atoms with E-state index in [-0.39, 0.29) is 18.8 Å². The molecule has 1 amide bonds. The van der Waals surface area contributed by atoms with Gasteiger partial charge in [-0.05, 0) is 47.0 Å². The van der Waals surface area contributed by atoms with E-state index < -0.39 is 17.9 Å². The number of carboxylic acid groups (broad SMARTS) is 1. The highest BCUT2D eigenvalue weighted by Crippen LogP contribution is 2.21. The van der Waals surface area contributed by atoms with Crippen LogP contribution in [0.15, 0.2) is 67.3 Å². The van der Waals surface area contributed by atoms with Crippen molar-refractivity contribution in [2.75, 3.05) is 6.61 Å². The Balaban J connectivity index is 1.89. The summed E-state index contributed by atoms with van der Waals surface area (Å²) in [6.07, 6.45) is 6.95. The molecule has 3 rings (SSSR count). The van der Waals surface area contributed by atoms with Crippen molar-refractivity contribution in [2.45, 2.75) is 19.0 Å². The molecule has 160 valence electrons. The lowest BCUT2D eigenvalue weighted by atomic mass is 10.0. The van der Waals surface area contributed by atoms with Crippen LogP contribution < -0.4 is 5.32 Å². The number of allylic oxidation sites excluding steroid dienone is 1. The fraction of sp³-hybridized carbons (Fsp3) is 0.174. The van der Waals surface area contributed by atoms with Crippen LogP contribution >= 0.6 is 0 Å². The van der Waals surface area contributed by atoms with E-state index in [2.05, 4.69) is 10.3 Å². The molecule has 0 unspecified atom stereocenters. The number of benzene rings is 2. The van der Waals surface area contributed by atoms with Crippen molar-refractivity contribution >= 4 is 23.5 Å². The van der Waals surface area contributed by atoms with E-state index in [4.69, 9.17) is 5.11 Å². The summed E-state index contributed by atoms with van der Waals surface area (Å²) in [6, 6.07) is 11.7. The SMILES string of the molecule is O=C(N[C@@H](CCO)C(=O)O)c1cccc(C=C(Cn2ccnc2)c2ccc(F)cc2)c1. The molecule has 31 heavy (non-hydrogen) atoms. The number of carboxylic acids is 1. The molecule has 0 spiro atoms. The Morgan fingerprint density at radius 1 is 1.16 bits per heavy atom. The van der Waals surface area contributed by atoms with E-state index in [0.29, 0.717) is 12.1 Å². The van der Waals surface area contributed by atoms with Gasteiger partial charge in [-0.1, -0.05) is 24.3 Å². The van der Waals surface area contributed by atoms with Crippen LogP contribution in [-0.2, 0) is 11.3 Å². The number of aliphatic carboxylic acids is 1. The quantitative estimate of drug-likeness (QED) is 0.459. The van der Waals surface area contributed by atoms with Crippen molar-refractivity contribution < 1.29 is 24.2 Å². The van der Waals surface area contributed by atoms with Gasteiger partial charge in [0, 0.05) is 37.5 Å². The third kappa shape index (κ3) is 6.10. The number of carbonyl (C=O) groups excluding carboxylic acids is 1. The van der Waals surface area contributed by atoms with E-state index in [1.165, 1.54) is 12.1 Å². The topological polar surface area (TPSA) is 104 Å². The maximum Gasteiger partial charge on any atom is 0.326 e. The predicted octanol–water partition coefficient (Wildman–Crippen LogP) is 2.83. The van der Waals surface area contributed by atoms with Gasteiger partial charge in [-0.15, -0.1) is 0 Å². The number of carbonyl (C=O) groups is 2. The third-order valence-electron chi connectivity index (χ3n) is 4.64. The van der Waals surface area contributed by atoms with E-state index in [1.54, 1.807) is 42.9 Å². The lowest BCUT2D eigenvalue weighted by Crippen LogP contribution is -2.41. The standard InChI is InChI=1S/C23H22FN3O4/c24-20-6-4-17(5-7-20)19(14-27-10-9-25-15-27)13-16-2-1-3-18(12-16)22(29)26-21(8-11-28)23(30)31/h1-7,9-10,12-13,15,21,28H,8,11,14H2,(H,26,29)(H,30,31)/t21-/m0/s1. The number of aliphatic hydroxyl groups excluding tert-OH is 1. The molecular weight excluding hydrogens is 401 g/mol. The summed E-state index contributed by atoms with van der Waals surface area (Å²) < 4.78 is 15.2. The minimum atomic E-state index is -1.21. The van der Waals surface area contributed by atoms with Crippen molar-refractivity contribution in [3.63, 3.8) is 0 Å².